The van der Waals surface area contributed by atoms with Crippen molar-refractivity contribution < 1.29 is 19.7 Å². The molecule has 0 fully saturated rings. The van der Waals surface area contributed by atoms with Crippen LogP contribution in [0.25, 0.3) is 66.5 Å². The zero-order chi connectivity index (χ0) is 72.3. The Hall–Kier alpha value is -10.9. The zero-order valence-corrected chi connectivity index (χ0v) is 59.9. The summed E-state index contributed by atoms with van der Waals surface area (Å²) in [6.45, 7) is 0. The van der Waals surface area contributed by atoms with Gasteiger partial charge in [0.2, 0.25) is 0 Å². The fourth-order valence-corrected chi connectivity index (χ4v) is 12.8. The number of fused-ring (bicyclic) bond motifs is 3. The molecule has 0 radical (unpaired) electrons. The first-order chi connectivity index (χ1) is 48.9. The summed E-state index contributed by atoms with van der Waals surface area (Å²) in [5, 5.41) is 45.0. The molecule has 0 spiro atoms. The zero-order valence-electron chi connectivity index (χ0n) is 55.4. The maximum Gasteiger partial charge on any atom is 0.252 e. The quantitative estimate of drug-likeness (QED) is 0.115. The van der Waals surface area contributed by atoms with E-state index in [1.165, 1.54) is 36.8 Å². The Bertz CT molecular complexity index is 5610. The number of imidazole rings is 1. The van der Waals surface area contributed by atoms with Crippen molar-refractivity contribution in [2.24, 2.45) is 42.3 Å². The molecule has 0 aliphatic rings. The van der Waals surface area contributed by atoms with Crippen LogP contribution in [0.4, 0.5) is 4.70 Å². The summed E-state index contributed by atoms with van der Waals surface area (Å²) in [6, 6.07) is 52.5. The molecular formula is C76H59Cl6FN14O6. The lowest BCUT2D eigenvalue weighted by Crippen LogP contribution is -2.32. The van der Waals surface area contributed by atoms with Gasteiger partial charge in [-0.15, -0.1) is 10.2 Å². The van der Waals surface area contributed by atoms with Crippen LogP contribution in [0.15, 0.2) is 246 Å². The number of aliphatic hydroxyl groups is 2. The number of rotatable bonds is 11. The fourth-order valence-electron chi connectivity index (χ4n) is 11.8. The number of nitrogens with zero attached hydrogens (tertiary/aromatic N) is 14. The van der Waals surface area contributed by atoms with Crippen LogP contribution in [0.5, 0.6) is 0 Å². The van der Waals surface area contributed by atoms with E-state index in [1.54, 1.807) is 202 Å². The number of benzene rings is 6. The number of halogens is 7. The molecule has 0 aliphatic carbocycles. The van der Waals surface area contributed by atoms with Crippen LogP contribution >= 0.6 is 69.6 Å². The van der Waals surface area contributed by atoms with Gasteiger partial charge < -0.3 is 14.8 Å². The van der Waals surface area contributed by atoms with E-state index in [0.29, 0.717) is 125 Å². The standard InChI is InChI=1S/C26H20Cl2N4O2.C25H19Cl2N5O2.C22H14Cl2N2O2.C3H5N3.FH/c1-31-15-29-14-23(31)26(34,17-6-8-19(27)9-7-17)18-11-22-21(16-4-3-5-20(28)10-16)12-24(33)32(2)25(22)30-13-18;1-31-23(33)12-20(15-4-3-5-19(27)10-15)21-11-17(13-28-24(21)31)25(34,22-14-29-30-32(22)2)16-6-8-18(26)9-7-16;1-26-20(27)11-18(14-3-2-4-17(24)9-14)19-10-15(12-25-22(19)26)21(28)13-5-7-16(23)8-6-13;1-6-3-2-4-5-6;/h3-15,34H,1-2H3;3-14,34H,1-2H3;2-12H,1H3;2-3H,1H3;1H/t;25-;;;/m.1.../s1. The number of hydrogen-bond donors (Lipinski definition) is 2. The third-order valence-electron chi connectivity index (χ3n) is 17.2. The smallest absolute Gasteiger partial charge is 0.252 e. The van der Waals surface area contributed by atoms with Gasteiger partial charge in [-0.1, -0.05) is 141 Å². The Morgan fingerprint density at radius 2 is 0.816 bits per heavy atom. The molecule has 9 aromatic heterocycles. The van der Waals surface area contributed by atoms with Gasteiger partial charge in [0.05, 0.1) is 36.3 Å². The summed E-state index contributed by atoms with van der Waals surface area (Å²) in [5.41, 5.74) is 6.17. The minimum Gasteiger partial charge on any atom is -0.374 e. The predicted molar refractivity (Wildman–Crippen MR) is 402 cm³/mol. The topological polar surface area (TPSA) is 241 Å². The van der Waals surface area contributed by atoms with Gasteiger partial charge in [-0.3, -0.25) is 42.3 Å². The number of carbonyl (C=O) groups is 1. The number of aryl methyl sites for hydroxylation is 6. The van der Waals surface area contributed by atoms with Gasteiger partial charge in [-0.2, -0.15) is 0 Å². The van der Waals surface area contributed by atoms with Gasteiger partial charge >= 0.3 is 0 Å². The molecule has 0 aliphatic heterocycles. The van der Waals surface area contributed by atoms with Crippen molar-refractivity contribution in [3.8, 4) is 33.4 Å². The van der Waals surface area contributed by atoms with E-state index in [4.69, 9.17) is 69.6 Å². The van der Waals surface area contributed by atoms with Crippen LogP contribution in [-0.4, -0.2) is 84.2 Å². The summed E-state index contributed by atoms with van der Waals surface area (Å²) >= 11 is 36.7. The van der Waals surface area contributed by atoms with Crippen LogP contribution in [-0.2, 0) is 53.5 Å². The van der Waals surface area contributed by atoms with E-state index in [9.17, 15) is 29.4 Å². The fraction of sp³-hybridized carbons (Fsp3) is 0.105. The average molecular weight is 1500 g/mol. The molecule has 0 saturated carbocycles. The molecule has 2 N–H and O–H groups in total. The van der Waals surface area contributed by atoms with Crippen molar-refractivity contribution in [2.45, 2.75) is 11.2 Å². The molecule has 518 valence electrons. The molecular weight excluding hydrogens is 1440 g/mol. The maximum atomic E-state index is 12.9. The second-order valence-corrected chi connectivity index (χ2v) is 26.3. The highest BCUT2D eigenvalue weighted by molar-refractivity contribution is 6.32. The lowest BCUT2D eigenvalue weighted by Gasteiger charge is -2.30. The normalized spacial score (nSPS) is 12.2. The Labute approximate surface area is 616 Å². The molecule has 15 rings (SSSR count). The lowest BCUT2D eigenvalue weighted by molar-refractivity contribution is 0.103. The molecule has 1 unspecified atom stereocenters. The van der Waals surface area contributed by atoms with E-state index in [-0.39, 0.29) is 27.2 Å². The van der Waals surface area contributed by atoms with Gasteiger partial charge in [0.15, 0.2) is 17.0 Å². The maximum absolute atomic E-state index is 12.9. The molecule has 15 aromatic rings. The van der Waals surface area contributed by atoms with Gasteiger partial charge in [0, 0.05) is 154 Å². The lowest BCUT2D eigenvalue weighted by atomic mass is 9.83. The van der Waals surface area contributed by atoms with Gasteiger partial charge in [-0.25, -0.2) is 24.6 Å². The van der Waals surface area contributed by atoms with Crippen LogP contribution in [0.1, 0.15) is 49.6 Å². The Balaban J connectivity index is 0.000000148. The minimum atomic E-state index is -1.63. The third kappa shape index (κ3) is 15.1. The van der Waals surface area contributed by atoms with Crippen LogP contribution in [0.2, 0.25) is 30.1 Å². The van der Waals surface area contributed by atoms with Crippen molar-refractivity contribution in [3.63, 3.8) is 0 Å². The highest BCUT2D eigenvalue weighted by atomic mass is 35.5. The number of aromatic nitrogens is 14. The minimum absolute atomic E-state index is 0. The molecule has 0 saturated heterocycles. The number of pyridine rings is 6. The first-order valence-electron chi connectivity index (χ1n) is 31.1. The molecule has 0 amide bonds. The monoisotopic (exact) mass is 1490 g/mol. The van der Waals surface area contributed by atoms with Crippen LogP contribution in [0, 0.1) is 0 Å². The van der Waals surface area contributed by atoms with Gasteiger partial charge in [-0.05, 0) is 148 Å². The Morgan fingerprint density at radius 3 is 1.17 bits per heavy atom. The molecule has 2 atom stereocenters. The van der Waals surface area contributed by atoms with Crippen molar-refractivity contribution in [3.05, 3.63) is 338 Å². The second-order valence-electron chi connectivity index (χ2n) is 23.7. The molecule has 20 nitrogen and oxygen atoms in total. The van der Waals surface area contributed by atoms with Crippen molar-refractivity contribution in [2.75, 3.05) is 0 Å². The van der Waals surface area contributed by atoms with E-state index >= 15 is 0 Å². The molecule has 103 heavy (non-hydrogen) atoms. The second kappa shape index (κ2) is 30.8. The predicted octanol–water partition coefficient (Wildman–Crippen LogP) is 14.4. The highest BCUT2D eigenvalue weighted by Crippen LogP contribution is 2.42. The highest BCUT2D eigenvalue weighted by Gasteiger charge is 2.39. The van der Waals surface area contributed by atoms with Crippen LogP contribution in [0.3, 0.4) is 0 Å². The largest absolute Gasteiger partial charge is 0.374 e. The third-order valence-corrected chi connectivity index (χ3v) is 18.6. The van der Waals surface area contributed by atoms with E-state index in [0.717, 1.165) is 16.7 Å². The summed E-state index contributed by atoms with van der Waals surface area (Å²) in [6.07, 6.45) is 12.8. The van der Waals surface area contributed by atoms with E-state index < -0.39 is 11.2 Å². The number of carbonyl (C=O) groups excluding carboxylic acids is 1. The van der Waals surface area contributed by atoms with Crippen molar-refractivity contribution in [1.82, 2.24) is 68.2 Å². The van der Waals surface area contributed by atoms with Crippen LogP contribution < -0.4 is 16.7 Å². The number of ketones is 1. The SMILES string of the molecule is Cn1c(=O)cc(-c2cccc(Cl)c2)c2cc(C(=O)c3ccc(Cl)cc3)cnc21.Cn1ccnn1.Cn1cncc1C(O)(c1ccc(Cl)cc1)c1cnc2c(c1)c(-c1cccc(Cl)c1)cc(=O)n2C.Cn1nncc1[C@@](O)(c1ccc(Cl)cc1)c1cnc2c(c1)c(-c1cccc(Cl)c1)cc(=O)n2C.F. The van der Waals surface area contributed by atoms with Gasteiger partial charge in [0.1, 0.15) is 16.9 Å². The van der Waals surface area contributed by atoms with Crippen molar-refractivity contribution >= 4 is 108 Å². The molecule has 6 aromatic carbocycles. The molecule has 9 heterocycles. The Morgan fingerprint density at radius 1 is 0.408 bits per heavy atom. The summed E-state index contributed by atoms with van der Waals surface area (Å²) in [4.78, 5) is 68.5. The summed E-state index contributed by atoms with van der Waals surface area (Å²) < 4.78 is 9.33. The van der Waals surface area contributed by atoms with E-state index in [1.807, 2.05) is 62.6 Å². The average Bonchev–Trinajstić information content (AvgIpc) is 1.68. The van der Waals surface area contributed by atoms with E-state index in [2.05, 4.69) is 40.6 Å². The molecule has 0 bridgehead atoms. The summed E-state index contributed by atoms with van der Waals surface area (Å²) in [5.74, 6) is -0.169. The Kier molecular flexibility index (Phi) is 21.9. The van der Waals surface area contributed by atoms with Crippen molar-refractivity contribution in [1.29, 1.82) is 0 Å². The summed E-state index contributed by atoms with van der Waals surface area (Å²) in [7, 11) is 10.3. The first-order valence-corrected chi connectivity index (χ1v) is 33.4. The number of hydrogen-bond acceptors (Lipinski definition) is 14. The first kappa shape index (κ1) is 73.4. The van der Waals surface area contributed by atoms with Gasteiger partial charge in [0.25, 0.3) is 16.7 Å². The molecule has 27 heteroatoms.